The first kappa shape index (κ1) is 14.5. The first-order chi connectivity index (χ1) is 10.2. The molecule has 1 saturated heterocycles. The second-order valence-electron chi connectivity index (χ2n) is 5.55. The summed E-state index contributed by atoms with van der Waals surface area (Å²) >= 11 is 6.05. The summed E-state index contributed by atoms with van der Waals surface area (Å²) in [5, 5.41) is 4.29. The maximum Gasteiger partial charge on any atom is 0.0491 e. The quantitative estimate of drug-likeness (QED) is 0.944. The largest absolute Gasteiger partial charge is 0.314 e. The van der Waals surface area contributed by atoms with Gasteiger partial charge in [-0.25, -0.2) is 0 Å². The van der Waals surface area contributed by atoms with Crippen molar-refractivity contribution in [2.45, 2.75) is 19.5 Å². The van der Waals surface area contributed by atoms with Gasteiger partial charge in [-0.3, -0.25) is 9.88 Å². The molecule has 0 saturated carbocycles. The highest BCUT2D eigenvalue weighted by atomic mass is 35.5. The molecule has 0 aliphatic carbocycles. The van der Waals surface area contributed by atoms with Gasteiger partial charge in [-0.15, -0.1) is 0 Å². The second-order valence-corrected chi connectivity index (χ2v) is 5.98. The molecule has 2 aromatic rings. The third-order valence-corrected chi connectivity index (χ3v) is 4.34. The van der Waals surface area contributed by atoms with E-state index >= 15 is 0 Å². The average molecular weight is 302 g/mol. The number of piperazine rings is 1. The molecule has 0 spiro atoms. The molecule has 2 heterocycles. The van der Waals surface area contributed by atoms with Crippen LogP contribution in [0.3, 0.4) is 0 Å². The number of benzene rings is 1. The standard InChI is InChI=1S/C17H20ClN3/c1-13-9-16(18)5-4-15(13)12-21-8-7-20-11-17(21)14-3-2-6-19-10-14/h2-6,9-10,17,20H,7-8,11-12H2,1H3. The number of hydrogen-bond acceptors (Lipinski definition) is 3. The van der Waals surface area contributed by atoms with Crippen molar-refractivity contribution in [2.75, 3.05) is 19.6 Å². The predicted octanol–water partition coefficient (Wildman–Crippen LogP) is 3.19. The van der Waals surface area contributed by atoms with Gasteiger partial charge in [0.25, 0.3) is 0 Å². The summed E-state index contributed by atoms with van der Waals surface area (Å²) in [6.07, 6.45) is 3.80. The molecular formula is C17H20ClN3. The molecule has 1 N–H and O–H groups in total. The maximum atomic E-state index is 6.05. The number of pyridine rings is 1. The molecule has 0 amide bonds. The minimum absolute atomic E-state index is 0.377. The molecule has 1 aromatic heterocycles. The summed E-state index contributed by atoms with van der Waals surface area (Å²) in [7, 11) is 0. The van der Waals surface area contributed by atoms with Gasteiger partial charge < -0.3 is 5.32 Å². The fourth-order valence-corrected chi connectivity index (χ4v) is 3.12. The second kappa shape index (κ2) is 6.56. The Hall–Kier alpha value is -1.42. The van der Waals surface area contributed by atoms with E-state index in [2.05, 4.69) is 34.3 Å². The molecule has 1 unspecified atom stereocenters. The van der Waals surface area contributed by atoms with Crippen molar-refractivity contribution >= 4 is 11.6 Å². The highest BCUT2D eigenvalue weighted by molar-refractivity contribution is 6.30. The van der Waals surface area contributed by atoms with Crippen LogP contribution in [0.2, 0.25) is 5.02 Å². The van der Waals surface area contributed by atoms with Crippen LogP contribution in [0.1, 0.15) is 22.7 Å². The van der Waals surface area contributed by atoms with Crippen LogP contribution in [0, 0.1) is 6.92 Å². The average Bonchev–Trinajstić information content (AvgIpc) is 2.51. The van der Waals surface area contributed by atoms with Crippen molar-refractivity contribution in [1.29, 1.82) is 0 Å². The number of aromatic nitrogens is 1. The van der Waals surface area contributed by atoms with Crippen LogP contribution in [0.4, 0.5) is 0 Å². The maximum absolute atomic E-state index is 6.05. The van der Waals surface area contributed by atoms with Crippen molar-refractivity contribution < 1.29 is 0 Å². The zero-order valence-electron chi connectivity index (χ0n) is 12.2. The van der Waals surface area contributed by atoms with Gasteiger partial charge in [-0.2, -0.15) is 0 Å². The first-order valence-electron chi connectivity index (χ1n) is 7.34. The van der Waals surface area contributed by atoms with Crippen molar-refractivity contribution in [3.8, 4) is 0 Å². The predicted molar refractivity (Wildman–Crippen MR) is 86.4 cm³/mol. The molecule has 0 bridgehead atoms. The highest BCUT2D eigenvalue weighted by Gasteiger charge is 2.24. The van der Waals surface area contributed by atoms with E-state index < -0.39 is 0 Å². The lowest BCUT2D eigenvalue weighted by Crippen LogP contribution is -2.45. The zero-order valence-corrected chi connectivity index (χ0v) is 13.0. The van der Waals surface area contributed by atoms with E-state index in [1.54, 1.807) is 0 Å². The summed E-state index contributed by atoms with van der Waals surface area (Å²) in [5.41, 5.74) is 3.87. The third kappa shape index (κ3) is 3.43. The van der Waals surface area contributed by atoms with Crippen LogP contribution >= 0.6 is 11.6 Å². The van der Waals surface area contributed by atoms with Gasteiger partial charge in [-0.05, 0) is 41.8 Å². The van der Waals surface area contributed by atoms with Crippen molar-refractivity contribution in [1.82, 2.24) is 15.2 Å². The lowest BCUT2D eigenvalue weighted by molar-refractivity contribution is 0.153. The fraction of sp³-hybridized carbons (Fsp3) is 0.353. The number of halogens is 1. The first-order valence-corrected chi connectivity index (χ1v) is 7.71. The van der Waals surface area contributed by atoms with E-state index in [4.69, 9.17) is 11.6 Å². The molecule has 110 valence electrons. The Labute approximate surface area is 131 Å². The fourth-order valence-electron chi connectivity index (χ4n) is 2.89. The van der Waals surface area contributed by atoms with Gasteiger partial charge in [0.2, 0.25) is 0 Å². The molecule has 3 nitrogen and oxygen atoms in total. The van der Waals surface area contributed by atoms with Crippen LogP contribution in [0.15, 0.2) is 42.7 Å². The lowest BCUT2D eigenvalue weighted by Gasteiger charge is -2.36. The number of rotatable bonds is 3. The molecule has 1 aromatic carbocycles. The summed E-state index contributed by atoms with van der Waals surface area (Å²) in [6, 6.07) is 10.7. The van der Waals surface area contributed by atoms with Crippen molar-refractivity contribution in [3.63, 3.8) is 0 Å². The summed E-state index contributed by atoms with van der Waals surface area (Å²) < 4.78 is 0. The van der Waals surface area contributed by atoms with Crippen molar-refractivity contribution in [3.05, 3.63) is 64.4 Å². The van der Waals surface area contributed by atoms with Crippen LogP contribution in [-0.4, -0.2) is 29.5 Å². The summed E-state index contributed by atoms with van der Waals surface area (Å²) in [5.74, 6) is 0. The number of aryl methyl sites for hydroxylation is 1. The molecule has 1 aliphatic rings. The Morgan fingerprint density at radius 2 is 2.29 bits per heavy atom. The highest BCUT2D eigenvalue weighted by Crippen LogP contribution is 2.25. The Morgan fingerprint density at radius 3 is 3.05 bits per heavy atom. The van der Waals surface area contributed by atoms with Gasteiger partial charge in [0.15, 0.2) is 0 Å². The minimum atomic E-state index is 0.377. The van der Waals surface area contributed by atoms with Gasteiger partial charge in [0, 0.05) is 49.6 Å². The van der Waals surface area contributed by atoms with Crippen molar-refractivity contribution in [2.24, 2.45) is 0 Å². The summed E-state index contributed by atoms with van der Waals surface area (Å²) in [4.78, 5) is 6.78. The monoisotopic (exact) mass is 301 g/mol. The van der Waals surface area contributed by atoms with Crippen LogP contribution < -0.4 is 5.32 Å². The van der Waals surface area contributed by atoms with Crippen LogP contribution in [0.25, 0.3) is 0 Å². The van der Waals surface area contributed by atoms with E-state index in [1.165, 1.54) is 16.7 Å². The molecule has 1 fully saturated rings. The molecule has 0 radical (unpaired) electrons. The van der Waals surface area contributed by atoms with E-state index in [1.807, 2.05) is 30.6 Å². The molecule has 3 rings (SSSR count). The van der Waals surface area contributed by atoms with E-state index in [0.717, 1.165) is 31.2 Å². The van der Waals surface area contributed by atoms with Gasteiger partial charge >= 0.3 is 0 Å². The number of nitrogens with one attached hydrogen (secondary N) is 1. The van der Waals surface area contributed by atoms with Gasteiger partial charge in [0.05, 0.1) is 0 Å². The number of hydrogen-bond donors (Lipinski definition) is 1. The molecular weight excluding hydrogens is 282 g/mol. The van der Waals surface area contributed by atoms with Crippen LogP contribution in [0.5, 0.6) is 0 Å². The molecule has 1 atom stereocenters. The van der Waals surface area contributed by atoms with Gasteiger partial charge in [0.1, 0.15) is 0 Å². The Kier molecular flexibility index (Phi) is 4.54. The lowest BCUT2D eigenvalue weighted by atomic mass is 10.0. The Balaban J connectivity index is 1.81. The van der Waals surface area contributed by atoms with Gasteiger partial charge in [-0.1, -0.05) is 23.7 Å². The molecule has 21 heavy (non-hydrogen) atoms. The van der Waals surface area contributed by atoms with E-state index in [9.17, 15) is 0 Å². The normalized spacial score (nSPS) is 19.6. The van der Waals surface area contributed by atoms with Crippen LogP contribution in [-0.2, 0) is 6.54 Å². The zero-order chi connectivity index (χ0) is 14.7. The van der Waals surface area contributed by atoms with E-state index in [0.29, 0.717) is 6.04 Å². The molecule has 1 aliphatic heterocycles. The Morgan fingerprint density at radius 1 is 1.38 bits per heavy atom. The SMILES string of the molecule is Cc1cc(Cl)ccc1CN1CCNCC1c1cccnc1. The smallest absolute Gasteiger partial charge is 0.0491 e. The number of nitrogens with zero attached hydrogens (tertiary/aromatic N) is 2. The van der Waals surface area contributed by atoms with E-state index in [-0.39, 0.29) is 0 Å². The minimum Gasteiger partial charge on any atom is -0.314 e. The molecule has 4 heteroatoms. The summed E-state index contributed by atoms with van der Waals surface area (Å²) in [6.45, 7) is 6.12. The third-order valence-electron chi connectivity index (χ3n) is 4.10. The Bertz CT molecular complexity index is 600. The topological polar surface area (TPSA) is 28.2 Å².